The average molecular weight is 441 g/mol. The van der Waals surface area contributed by atoms with Crippen LogP contribution >= 0.6 is 0 Å². The summed E-state index contributed by atoms with van der Waals surface area (Å²) in [6, 6.07) is 7.29. The summed E-state index contributed by atoms with van der Waals surface area (Å²) in [6.45, 7) is 0.486. The number of methoxy groups -OCH3 is 1. The molecule has 2 aliphatic rings. The number of hydrogen-bond acceptors (Lipinski definition) is 7. The molecule has 2 atom stereocenters. The minimum atomic E-state index is -0.146. The molecule has 2 heterocycles. The van der Waals surface area contributed by atoms with Gasteiger partial charge in [0.1, 0.15) is 5.75 Å². The van der Waals surface area contributed by atoms with E-state index in [1.54, 1.807) is 14.2 Å². The van der Waals surface area contributed by atoms with E-state index < -0.39 is 0 Å². The van der Waals surface area contributed by atoms with Crippen LogP contribution in [0.25, 0.3) is 11.4 Å². The van der Waals surface area contributed by atoms with E-state index in [9.17, 15) is 14.4 Å². The Morgan fingerprint density at radius 2 is 1.81 bits per heavy atom. The van der Waals surface area contributed by atoms with Crippen molar-refractivity contribution in [1.29, 1.82) is 0 Å². The van der Waals surface area contributed by atoms with Crippen molar-refractivity contribution in [2.24, 2.45) is 11.8 Å². The highest BCUT2D eigenvalue weighted by Crippen LogP contribution is 2.38. The highest BCUT2D eigenvalue weighted by molar-refractivity contribution is 6.05. The number of ether oxygens (including phenoxy) is 1. The minimum Gasteiger partial charge on any atom is -0.497 e. The molecule has 0 bridgehead atoms. The van der Waals surface area contributed by atoms with Gasteiger partial charge in [0.05, 0.1) is 25.5 Å². The van der Waals surface area contributed by atoms with Gasteiger partial charge < -0.3 is 14.2 Å². The molecule has 1 aliphatic heterocycles. The van der Waals surface area contributed by atoms with Gasteiger partial charge in [0.15, 0.2) is 0 Å². The molecule has 4 rings (SSSR count). The first-order valence-electron chi connectivity index (χ1n) is 11.0. The maximum absolute atomic E-state index is 12.5. The summed E-state index contributed by atoms with van der Waals surface area (Å²) in [5.74, 6) is 0.996. The van der Waals surface area contributed by atoms with Gasteiger partial charge in [-0.15, -0.1) is 0 Å². The molecule has 3 amide bonds. The van der Waals surface area contributed by atoms with Crippen molar-refractivity contribution in [2.75, 3.05) is 20.7 Å². The van der Waals surface area contributed by atoms with Crippen molar-refractivity contribution in [3.05, 3.63) is 30.2 Å². The molecule has 0 unspecified atom stereocenters. The maximum Gasteiger partial charge on any atom is 0.246 e. The number of imide groups is 1. The molecule has 1 aliphatic carbocycles. The lowest BCUT2D eigenvalue weighted by Gasteiger charge is -2.19. The van der Waals surface area contributed by atoms with Crippen LogP contribution in [0.2, 0.25) is 0 Å². The Morgan fingerprint density at radius 3 is 2.44 bits per heavy atom. The monoisotopic (exact) mass is 440 g/mol. The van der Waals surface area contributed by atoms with Gasteiger partial charge in [0.2, 0.25) is 29.4 Å². The standard InChI is InChI=1S/C23H28N4O5/c1-26(14-19-24-21(25-32-19)15-9-11-16(31-2)12-10-15)20(28)8-5-13-27-22(29)17-6-3-4-7-18(17)23(27)30/h9-12,17-18H,3-8,13-14H2,1-2H3/t17-,18-/m0/s1. The normalized spacial score (nSPS) is 20.4. The summed E-state index contributed by atoms with van der Waals surface area (Å²) in [6.07, 6.45) is 4.30. The molecule has 1 aromatic carbocycles. The molecule has 1 saturated heterocycles. The lowest BCUT2D eigenvalue weighted by Crippen LogP contribution is -2.33. The third-order valence-corrected chi connectivity index (χ3v) is 6.32. The molecule has 32 heavy (non-hydrogen) atoms. The van der Waals surface area contributed by atoms with Crippen molar-refractivity contribution in [2.45, 2.75) is 45.1 Å². The zero-order valence-corrected chi connectivity index (χ0v) is 18.5. The van der Waals surface area contributed by atoms with Gasteiger partial charge >= 0.3 is 0 Å². The first-order chi connectivity index (χ1) is 15.5. The van der Waals surface area contributed by atoms with Crippen molar-refractivity contribution in [3.8, 4) is 17.1 Å². The van der Waals surface area contributed by atoms with Crippen LogP contribution < -0.4 is 4.74 Å². The lowest BCUT2D eigenvalue weighted by atomic mass is 9.81. The second kappa shape index (κ2) is 9.50. The van der Waals surface area contributed by atoms with Crippen LogP contribution in [0, 0.1) is 11.8 Å². The second-order valence-electron chi connectivity index (χ2n) is 8.42. The summed E-state index contributed by atoms with van der Waals surface area (Å²) in [7, 11) is 3.27. The molecule has 1 saturated carbocycles. The van der Waals surface area contributed by atoms with Crippen molar-refractivity contribution in [1.82, 2.24) is 19.9 Å². The molecular weight excluding hydrogens is 412 g/mol. The Morgan fingerprint density at radius 1 is 1.16 bits per heavy atom. The third kappa shape index (κ3) is 4.51. The van der Waals surface area contributed by atoms with E-state index in [2.05, 4.69) is 10.1 Å². The number of fused-ring (bicyclic) bond motifs is 1. The number of hydrogen-bond donors (Lipinski definition) is 0. The number of carbonyl (C=O) groups is 3. The molecule has 170 valence electrons. The van der Waals surface area contributed by atoms with E-state index in [1.807, 2.05) is 24.3 Å². The molecule has 9 nitrogen and oxygen atoms in total. The fourth-order valence-electron chi connectivity index (χ4n) is 4.50. The average Bonchev–Trinajstić information content (AvgIpc) is 3.37. The predicted molar refractivity (Wildman–Crippen MR) is 114 cm³/mol. The van der Waals surface area contributed by atoms with Gasteiger partial charge in [0.25, 0.3) is 0 Å². The summed E-state index contributed by atoms with van der Waals surface area (Å²) in [4.78, 5) is 44.8. The smallest absolute Gasteiger partial charge is 0.246 e. The van der Waals surface area contributed by atoms with Crippen LogP contribution in [0.1, 0.15) is 44.4 Å². The SMILES string of the molecule is COc1ccc(-c2noc(CN(C)C(=O)CCCN3C(=O)[C@H]4CCCC[C@@H]4C3=O)n2)cc1. The van der Waals surface area contributed by atoms with Gasteiger partial charge in [-0.2, -0.15) is 4.98 Å². The molecule has 2 fully saturated rings. The number of carbonyl (C=O) groups excluding carboxylic acids is 3. The van der Waals surface area contributed by atoms with Crippen LogP contribution in [0.3, 0.4) is 0 Å². The first-order valence-corrected chi connectivity index (χ1v) is 11.0. The fraction of sp³-hybridized carbons (Fsp3) is 0.522. The Hall–Kier alpha value is -3.23. The topological polar surface area (TPSA) is 106 Å². The number of likely N-dealkylation sites (tertiary alicyclic amines) is 1. The van der Waals surface area contributed by atoms with Crippen molar-refractivity contribution >= 4 is 17.7 Å². The molecule has 2 aromatic rings. The number of benzene rings is 1. The van der Waals surface area contributed by atoms with E-state index in [0.717, 1.165) is 37.0 Å². The Bertz CT molecular complexity index is 963. The Labute approximate surface area is 186 Å². The summed E-state index contributed by atoms with van der Waals surface area (Å²) in [5.41, 5.74) is 0.787. The first kappa shape index (κ1) is 22.0. The molecule has 0 radical (unpaired) electrons. The van der Waals surface area contributed by atoms with Crippen molar-refractivity contribution in [3.63, 3.8) is 0 Å². The summed E-state index contributed by atoms with van der Waals surface area (Å²) in [5, 5.41) is 3.97. The van der Waals surface area contributed by atoms with E-state index in [-0.39, 0.29) is 42.5 Å². The fourth-order valence-corrected chi connectivity index (χ4v) is 4.50. The van der Waals surface area contributed by atoms with Gasteiger partial charge in [-0.3, -0.25) is 19.3 Å². The number of rotatable bonds is 8. The maximum atomic E-state index is 12.5. The van der Waals surface area contributed by atoms with Crippen LogP contribution in [0.15, 0.2) is 28.8 Å². The largest absolute Gasteiger partial charge is 0.497 e. The molecular formula is C23H28N4O5. The van der Waals surface area contributed by atoms with Gasteiger partial charge in [-0.1, -0.05) is 18.0 Å². The molecule has 0 N–H and O–H groups in total. The van der Waals surface area contributed by atoms with Crippen LogP contribution in [0.4, 0.5) is 0 Å². The zero-order chi connectivity index (χ0) is 22.7. The van der Waals surface area contributed by atoms with Crippen LogP contribution in [-0.4, -0.2) is 58.4 Å². The van der Waals surface area contributed by atoms with E-state index >= 15 is 0 Å². The lowest BCUT2D eigenvalue weighted by molar-refractivity contribution is -0.140. The van der Waals surface area contributed by atoms with Gasteiger partial charge in [-0.05, 0) is 43.5 Å². The number of aromatic nitrogens is 2. The Balaban J connectivity index is 1.26. The van der Waals surface area contributed by atoms with Crippen LogP contribution in [0.5, 0.6) is 5.75 Å². The second-order valence-corrected chi connectivity index (χ2v) is 8.42. The zero-order valence-electron chi connectivity index (χ0n) is 18.5. The summed E-state index contributed by atoms with van der Waals surface area (Å²) < 4.78 is 10.4. The molecule has 9 heteroatoms. The minimum absolute atomic E-state index is 0.0579. The highest BCUT2D eigenvalue weighted by Gasteiger charge is 2.47. The van der Waals surface area contributed by atoms with Crippen molar-refractivity contribution < 1.29 is 23.6 Å². The van der Waals surface area contributed by atoms with Crippen LogP contribution in [-0.2, 0) is 20.9 Å². The number of nitrogens with zero attached hydrogens (tertiary/aromatic N) is 4. The highest BCUT2D eigenvalue weighted by atomic mass is 16.5. The predicted octanol–water partition coefficient (Wildman–Crippen LogP) is 2.66. The van der Waals surface area contributed by atoms with E-state index in [0.29, 0.717) is 24.7 Å². The van der Waals surface area contributed by atoms with Gasteiger partial charge in [-0.25, -0.2) is 0 Å². The van der Waals surface area contributed by atoms with E-state index in [4.69, 9.17) is 9.26 Å². The Kier molecular flexibility index (Phi) is 6.53. The van der Waals surface area contributed by atoms with E-state index in [1.165, 1.54) is 9.80 Å². The third-order valence-electron chi connectivity index (χ3n) is 6.32. The number of amides is 3. The molecule has 1 aromatic heterocycles. The summed E-state index contributed by atoms with van der Waals surface area (Å²) >= 11 is 0. The molecule has 0 spiro atoms. The van der Waals surface area contributed by atoms with Gasteiger partial charge in [0, 0.05) is 25.6 Å². The quantitative estimate of drug-likeness (QED) is 0.581.